The number of aryl methyl sites for hydroxylation is 3. The molecule has 3 heteroatoms. The van der Waals surface area contributed by atoms with Crippen molar-refractivity contribution in [3.63, 3.8) is 0 Å². The van der Waals surface area contributed by atoms with Gasteiger partial charge in [-0.15, -0.1) is 0 Å². The van der Waals surface area contributed by atoms with E-state index in [2.05, 4.69) is 9.97 Å². The molecule has 0 aliphatic heterocycles. The zero-order valence-electron chi connectivity index (χ0n) is 8.04. The van der Waals surface area contributed by atoms with Crippen LogP contribution in [0.2, 0.25) is 0 Å². The summed E-state index contributed by atoms with van der Waals surface area (Å²) in [5.74, 6) is 0.811. The Morgan fingerprint density at radius 2 is 2.08 bits per heavy atom. The van der Waals surface area contributed by atoms with Crippen LogP contribution in [0.25, 0.3) is 0 Å². The molecular weight excluding hydrogens is 164 g/mol. The molecule has 0 spiro atoms. The van der Waals surface area contributed by atoms with Crippen LogP contribution in [0.15, 0.2) is 0 Å². The lowest BCUT2D eigenvalue weighted by Gasteiger charge is -2.21. The maximum atomic E-state index is 9.75. The van der Waals surface area contributed by atoms with Crippen molar-refractivity contribution in [2.24, 2.45) is 0 Å². The summed E-state index contributed by atoms with van der Waals surface area (Å²) in [7, 11) is 0. The summed E-state index contributed by atoms with van der Waals surface area (Å²) in [5.41, 5.74) is 2.95. The van der Waals surface area contributed by atoms with Crippen molar-refractivity contribution in [3.05, 3.63) is 22.8 Å². The van der Waals surface area contributed by atoms with E-state index in [1.165, 1.54) is 0 Å². The normalized spacial score (nSPS) is 21.3. The quantitative estimate of drug-likeness (QED) is 0.654. The fraction of sp³-hybridized carbons (Fsp3) is 0.600. The minimum absolute atomic E-state index is 0.343. The molecule has 0 amide bonds. The van der Waals surface area contributed by atoms with Crippen molar-refractivity contribution in [3.8, 4) is 0 Å². The van der Waals surface area contributed by atoms with Crippen molar-refractivity contribution >= 4 is 0 Å². The first-order valence-electron chi connectivity index (χ1n) is 4.70. The highest BCUT2D eigenvalue weighted by Gasteiger charge is 2.21. The number of aliphatic hydroxyl groups is 1. The molecule has 0 aromatic carbocycles. The zero-order valence-corrected chi connectivity index (χ0v) is 8.04. The van der Waals surface area contributed by atoms with E-state index in [4.69, 9.17) is 0 Å². The van der Waals surface area contributed by atoms with E-state index in [0.29, 0.717) is 0 Å². The van der Waals surface area contributed by atoms with Crippen molar-refractivity contribution < 1.29 is 5.11 Å². The number of aromatic nitrogens is 2. The third-order valence-electron chi connectivity index (χ3n) is 2.55. The Morgan fingerprint density at radius 1 is 1.31 bits per heavy atom. The monoisotopic (exact) mass is 178 g/mol. The first-order valence-corrected chi connectivity index (χ1v) is 4.70. The predicted octanol–water partition coefficient (Wildman–Crippen LogP) is 1.46. The zero-order chi connectivity index (χ0) is 9.42. The standard InChI is InChI=1S/C10H14N2O/c1-6-10-8(12-7(2)11-6)4-3-5-9(10)13/h9,13H,3-5H2,1-2H3. The van der Waals surface area contributed by atoms with Gasteiger partial charge in [0.25, 0.3) is 0 Å². The van der Waals surface area contributed by atoms with Crippen LogP contribution in [0, 0.1) is 13.8 Å². The van der Waals surface area contributed by atoms with Crippen LogP contribution in [0.3, 0.4) is 0 Å². The molecule has 1 aromatic rings. The highest BCUT2D eigenvalue weighted by molar-refractivity contribution is 5.29. The average molecular weight is 178 g/mol. The number of hydrogen-bond donors (Lipinski definition) is 1. The second kappa shape index (κ2) is 3.07. The molecule has 1 aromatic heterocycles. The molecule has 13 heavy (non-hydrogen) atoms. The Hall–Kier alpha value is -0.960. The average Bonchev–Trinajstić information content (AvgIpc) is 2.02. The fourth-order valence-corrected chi connectivity index (χ4v) is 2.02. The molecule has 1 unspecified atom stereocenters. The van der Waals surface area contributed by atoms with E-state index in [9.17, 15) is 5.11 Å². The maximum Gasteiger partial charge on any atom is 0.125 e. The van der Waals surface area contributed by atoms with E-state index < -0.39 is 0 Å². The first-order chi connectivity index (χ1) is 6.18. The second-order valence-electron chi connectivity index (χ2n) is 3.62. The van der Waals surface area contributed by atoms with Crippen LogP contribution in [0.1, 0.15) is 41.7 Å². The molecule has 1 atom stereocenters. The number of hydrogen-bond acceptors (Lipinski definition) is 3. The number of nitrogens with zero attached hydrogens (tertiary/aromatic N) is 2. The van der Waals surface area contributed by atoms with Gasteiger partial charge in [0.15, 0.2) is 0 Å². The summed E-state index contributed by atoms with van der Waals surface area (Å²) in [6, 6.07) is 0. The van der Waals surface area contributed by atoms with Crippen molar-refractivity contribution in [1.82, 2.24) is 9.97 Å². The van der Waals surface area contributed by atoms with Gasteiger partial charge in [0.05, 0.1) is 11.8 Å². The second-order valence-corrected chi connectivity index (χ2v) is 3.62. The van der Waals surface area contributed by atoms with E-state index in [0.717, 1.165) is 42.0 Å². The van der Waals surface area contributed by atoms with Crippen LogP contribution >= 0.6 is 0 Å². The van der Waals surface area contributed by atoms with Gasteiger partial charge in [-0.3, -0.25) is 0 Å². The molecule has 0 saturated carbocycles. The van der Waals surface area contributed by atoms with Gasteiger partial charge in [0.2, 0.25) is 0 Å². The predicted molar refractivity (Wildman–Crippen MR) is 49.4 cm³/mol. The fourth-order valence-electron chi connectivity index (χ4n) is 2.02. The lowest BCUT2D eigenvalue weighted by Crippen LogP contribution is -2.15. The summed E-state index contributed by atoms with van der Waals surface area (Å²) < 4.78 is 0. The van der Waals surface area contributed by atoms with Crippen LogP contribution < -0.4 is 0 Å². The molecule has 1 aliphatic rings. The molecule has 2 rings (SSSR count). The van der Waals surface area contributed by atoms with Gasteiger partial charge in [-0.1, -0.05) is 0 Å². The van der Waals surface area contributed by atoms with Crippen LogP contribution in [-0.4, -0.2) is 15.1 Å². The molecule has 1 N–H and O–H groups in total. The van der Waals surface area contributed by atoms with E-state index in [1.807, 2.05) is 13.8 Å². The molecule has 0 fully saturated rings. The molecule has 0 bridgehead atoms. The summed E-state index contributed by atoms with van der Waals surface area (Å²) in [6.07, 6.45) is 2.52. The minimum Gasteiger partial charge on any atom is -0.388 e. The summed E-state index contributed by atoms with van der Waals surface area (Å²) in [6.45, 7) is 3.84. The van der Waals surface area contributed by atoms with Crippen LogP contribution in [-0.2, 0) is 6.42 Å². The molecule has 70 valence electrons. The van der Waals surface area contributed by atoms with Crippen molar-refractivity contribution in [1.29, 1.82) is 0 Å². The third-order valence-corrected chi connectivity index (χ3v) is 2.55. The SMILES string of the molecule is Cc1nc(C)c2c(n1)CCCC2O. The molecule has 1 aliphatic carbocycles. The van der Waals surface area contributed by atoms with Gasteiger partial charge in [-0.05, 0) is 33.1 Å². The van der Waals surface area contributed by atoms with Crippen LogP contribution in [0.4, 0.5) is 0 Å². The molecule has 0 radical (unpaired) electrons. The highest BCUT2D eigenvalue weighted by atomic mass is 16.3. The summed E-state index contributed by atoms with van der Waals surface area (Å²) in [4.78, 5) is 8.62. The van der Waals surface area contributed by atoms with Gasteiger partial charge < -0.3 is 5.11 Å². The van der Waals surface area contributed by atoms with E-state index in [-0.39, 0.29) is 6.10 Å². The van der Waals surface area contributed by atoms with E-state index in [1.54, 1.807) is 0 Å². The van der Waals surface area contributed by atoms with Gasteiger partial charge in [0, 0.05) is 11.3 Å². The van der Waals surface area contributed by atoms with Crippen molar-refractivity contribution in [2.45, 2.75) is 39.2 Å². The molecule has 3 nitrogen and oxygen atoms in total. The Kier molecular flexibility index (Phi) is 2.04. The van der Waals surface area contributed by atoms with Gasteiger partial charge in [-0.2, -0.15) is 0 Å². The topological polar surface area (TPSA) is 46.0 Å². The Morgan fingerprint density at radius 3 is 2.85 bits per heavy atom. The largest absolute Gasteiger partial charge is 0.388 e. The van der Waals surface area contributed by atoms with Gasteiger partial charge in [-0.25, -0.2) is 9.97 Å². The van der Waals surface area contributed by atoms with Gasteiger partial charge >= 0.3 is 0 Å². The highest BCUT2D eigenvalue weighted by Crippen LogP contribution is 2.29. The Bertz CT molecular complexity index is 336. The lowest BCUT2D eigenvalue weighted by molar-refractivity contribution is 0.154. The van der Waals surface area contributed by atoms with Crippen molar-refractivity contribution in [2.75, 3.05) is 0 Å². The number of rotatable bonds is 0. The van der Waals surface area contributed by atoms with Gasteiger partial charge in [0.1, 0.15) is 5.82 Å². The smallest absolute Gasteiger partial charge is 0.125 e. The maximum absolute atomic E-state index is 9.75. The van der Waals surface area contributed by atoms with E-state index >= 15 is 0 Å². The summed E-state index contributed by atoms with van der Waals surface area (Å²) >= 11 is 0. The first kappa shape index (κ1) is 8.63. The lowest BCUT2D eigenvalue weighted by atomic mass is 9.92. The number of aliphatic hydroxyl groups excluding tert-OH is 1. The molecular formula is C10H14N2O. The van der Waals surface area contributed by atoms with Crippen LogP contribution in [0.5, 0.6) is 0 Å². The molecule has 1 heterocycles. The Labute approximate surface area is 77.8 Å². The number of fused-ring (bicyclic) bond motifs is 1. The molecule has 0 saturated heterocycles. The summed E-state index contributed by atoms with van der Waals surface area (Å²) in [5, 5.41) is 9.75. The third kappa shape index (κ3) is 1.44. The Balaban J connectivity index is 2.56. The minimum atomic E-state index is -0.343.